The van der Waals surface area contributed by atoms with E-state index < -0.39 is 0 Å². The van der Waals surface area contributed by atoms with Crippen molar-refractivity contribution in [2.45, 2.75) is 32.6 Å². The molecule has 0 amide bonds. The van der Waals surface area contributed by atoms with Gasteiger partial charge in [0.2, 0.25) is 0 Å². The second kappa shape index (κ2) is 7.01. The normalized spacial score (nSPS) is 16.8. The molecule has 0 aromatic heterocycles. The molecule has 100 valence electrons. The number of hydrogen-bond donors (Lipinski definition) is 1. The van der Waals surface area contributed by atoms with Gasteiger partial charge in [-0.05, 0) is 68.5 Å². The Hall–Kier alpha value is -0.730. The highest BCUT2D eigenvalue weighted by molar-refractivity contribution is 6.31. The van der Waals surface area contributed by atoms with E-state index in [2.05, 4.69) is 18.3 Å². The van der Waals surface area contributed by atoms with Crippen LogP contribution in [-0.4, -0.2) is 19.7 Å². The van der Waals surface area contributed by atoms with E-state index in [1.54, 1.807) is 0 Å². The maximum absolute atomic E-state index is 6.09. The van der Waals surface area contributed by atoms with Crippen LogP contribution in [0.15, 0.2) is 18.2 Å². The molecule has 0 saturated carbocycles. The van der Waals surface area contributed by atoms with Gasteiger partial charge >= 0.3 is 0 Å². The van der Waals surface area contributed by atoms with Crippen molar-refractivity contribution < 1.29 is 4.74 Å². The van der Waals surface area contributed by atoms with Crippen LogP contribution in [0.5, 0.6) is 5.75 Å². The standard InChI is InChI=1S/C15H22ClNO/c1-2-13-11-14(3-4-15(13)16)18-10-7-12-5-8-17-9-6-12/h3-4,11-12,17H,2,5-10H2,1H3. The fourth-order valence-electron chi connectivity index (χ4n) is 2.43. The Balaban J connectivity index is 1.79. The Morgan fingerprint density at radius 3 is 2.83 bits per heavy atom. The Morgan fingerprint density at radius 1 is 1.33 bits per heavy atom. The molecule has 1 aromatic carbocycles. The Labute approximate surface area is 115 Å². The average molecular weight is 268 g/mol. The Morgan fingerprint density at radius 2 is 2.11 bits per heavy atom. The van der Waals surface area contributed by atoms with Crippen LogP contribution in [0.2, 0.25) is 5.02 Å². The SMILES string of the molecule is CCc1cc(OCCC2CCNCC2)ccc1Cl. The molecule has 2 nitrogen and oxygen atoms in total. The van der Waals surface area contributed by atoms with Crippen LogP contribution < -0.4 is 10.1 Å². The van der Waals surface area contributed by atoms with Gasteiger partial charge in [0.1, 0.15) is 5.75 Å². The number of piperidine rings is 1. The van der Waals surface area contributed by atoms with E-state index in [9.17, 15) is 0 Å². The molecule has 18 heavy (non-hydrogen) atoms. The first-order chi connectivity index (χ1) is 8.79. The van der Waals surface area contributed by atoms with Gasteiger partial charge in [0.15, 0.2) is 0 Å². The number of ether oxygens (including phenoxy) is 1. The molecule has 1 aliphatic heterocycles. The summed E-state index contributed by atoms with van der Waals surface area (Å²) >= 11 is 6.09. The lowest BCUT2D eigenvalue weighted by Crippen LogP contribution is -2.28. The summed E-state index contributed by atoms with van der Waals surface area (Å²) in [6, 6.07) is 5.95. The summed E-state index contributed by atoms with van der Waals surface area (Å²) in [5.41, 5.74) is 1.16. The molecule has 2 rings (SSSR count). The molecular weight excluding hydrogens is 246 g/mol. The van der Waals surface area contributed by atoms with Crippen molar-refractivity contribution in [3.63, 3.8) is 0 Å². The van der Waals surface area contributed by atoms with Gasteiger partial charge in [-0.2, -0.15) is 0 Å². The topological polar surface area (TPSA) is 21.3 Å². The molecule has 0 unspecified atom stereocenters. The summed E-state index contributed by atoms with van der Waals surface area (Å²) < 4.78 is 5.83. The van der Waals surface area contributed by atoms with Crippen LogP contribution in [0, 0.1) is 5.92 Å². The van der Waals surface area contributed by atoms with Crippen molar-refractivity contribution >= 4 is 11.6 Å². The molecule has 1 aliphatic rings. The summed E-state index contributed by atoms with van der Waals surface area (Å²) in [5.74, 6) is 1.77. The first-order valence-electron chi connectivity index (χ1n) is 6.91. The minimum Gasteiger partial charge on any atom is -0.494 e. The highest BCUT2D eigenvalue weighted by atomic mass is 35.5. The molecule has 3 heteroatoms. The number of halogens is 1. The minimum absolute atomic E-state index is 0.815. The highest BCUT2D eigenvalue weighted by Gasteiger charge is 2.12. The largest absolute Gasteiger partial charge is 0.494 e. The van der Waals surface area contributed by atoms with Gasteiger partial charge in [0.25, 0.3) is 0 Å². The number of hydrogen-bond acceptors (Lipinski definition) is 2. The van der Waals surface area contributed by atoms with E-state index in [0.717, 1.165) is 54.8 Å². The van der Waals surface area contributed by atoms with Crippen LogP contribution in [0.1, 0.15) is 31.7 Å². The van der Waals surface area contributed by atoms with E-state index in [1.807, 2.05) is 12.1 Å². The van der Waals surface area contributed by atoms with Crippen LogP contribution in [0.4, 0.5) is 0 Å². The first kappa shape index (κ1) is 13.7. The fraction of sp³-hybridized carbons (Fsp3) is 0.600. The van der Waals surface area contributed by atoms with Crippen molar-refractivity contribution in [3.8, 4) is 5.75 Å². The molecule has 0 bridgehead atoms. The highest BCUT2D eigenvalue weighted by Crippen LogP contribution is 2.23. The zero-order chi connectivity index (χ0) is 12.8. The van der Waals surface area contributed by atoms with Crippen LogP contribution >= 0.6 is 11.6 Å². The first-order valence-corrected chi connectivity index (χ1v) is 7.29. The van der Waals surface area contributed by atoms with E-state index in [0.29, 0.717) is 0 Å². The molecule has 0 aliphatic carbocycles. The predicted octanol–water partition coefficient (Wildman–Crippen LogP) is 3.67. The van der Waals surface area contributed by atoms with Gasteiger partial charge in [0.05, 0.1) is 6.61 Å². The second-order valence-corrected chi connectivity index (χ2v) is 5.34. The second-order valence-electron chi connectivity index (χ2n) is 4.94. The third-order valence-electron chi connectivity index (χ3n) is 3.65. The van der Waals surface area contributed by atoms with Crippen molar-refractivity contribution in [3.05, 3.63) is 28.8 Å². The summed E-state index contributed by atoms with van der Waals surface area (Å²) in [4.78, 5) is 0. The molecule has 1 N–H and O–H groups in total. The number of aryl methyl sites for hydroxylation is 1. The third kappa shape index (κ3) is 3.89. The van der Waals surface area contributed by atoms with Crippen LogP contribution in [-0.2, 0) is 6.42 Å². The van der Waals surface area contributed by atoms with Crippen LogP contribution in [0.3, 0.4) is 0 Å². The van der Waals surface area contributed by atoms with Gasteiger partial charge in [-0.1, -0.05) is 18.5 Å². The Kier molecular flexibility index (Phi) is 5.33. The molecular formula is C15H22ClNO. The quantitative estimate of drug-likeness (QED) is 0.879. The van der Waals surface area contributed by atoms with Gasteiger partial charge in [-0.3, -0.25) is 0 Å². The smallest absolute Gasteiger partial charge is 0.119 e. The maximum atomic E-state index is 6.09. The third-order valence-corrected chi connectivity index (χ3v) is 4.02. The maximum Gasteiger partial charge on any atom is 0.119 e. The summed E-state index contributed by atoms with van der Waals surface area (Å²) in [5, 5.41) is 4.22. The molecule has 1 fully saturated rings. The molecule has 1 aromatic rings. The van der Waals surface area contributed by atoms with Gasteiger partial charge in [-0.15, -0.1) is 0 Å². The number of benzene rings is 1. The van der Waals surface area contributed by atoms with Gasteiger partial charge in [0, 0.05) is 5.02 Å². The molecule has 0 atom stereocenters. The number of nitrogens with one attached hydrogen (secondary N) is 1. The van der Waals surface area contributed by atoms with E-state index in [-0.39, 0.29) is 0 Å². The zero-order valence-corrected chi connectivity index (χ0v) is 11.8. The predicted molar refractivity (Wildman–Crippen MR) is 76.5 cm³/mol. The lowest BCUT2D eigenvalue weighted by Gasteiger charge is -2.22. The lowest BCUT2D eigenvalue weighted by atomic mass is 9.95. The monoisotopic (exact) mass is 267 g/mol. The molecule has 0 radical (unpaired) electrons. The van der Waals surface area contributed by atoms with E-state index >= 15 is 0 Å². The van der Waals surface area contributed by atoms with Crippen molar-refractivity contribution in [1.82, 2.24) is 5.32 Å². The van der Waals surface area contributed by atoms with E-state index in [1.165, 1.54) is 12.8 Å². The minimum atomic E-state index is 0.815. The zero-order valence-electron chi connectivity index (χ0n) is 11.0. The number of rotatable bonds is 5. The van der Waals surface area contributed by atoms with Gasteiger partial charge < -0.3 is 10.1 Å². The van der Waals surface area contributed by atoms with Crippen molar-refractivity contribution in [2.24, 2.45) is 5.92 Å². The average Bonchev–Trinajstić information content (AvgIpc) is 2.42. The van der Waals surface area contributed by atoms with Crippen LogP contribution in [0.25, 0.3) is 0 Å². The van der Waals surface area contributed by atoms with Gasteiger partial charge in [-0.25, -0.2) is 0 Å². The summed E-state index contributed by atoms with van der Waals surface area (Å²) in [6.45, 7) is 5.24. The molecule has 1 saturated heterocycles. The van der Waals surface area contributed by atoms with Crippen molar-refractivity contribution in [2.75, 3.05) is 19.7 Å². The molecule has 0 spiro atoms. The Bertz CT molecular complexity index is 375. The lowest BCUT2D eigenvalue weighted by molar-refractivity contribution is 0.251. The molecule has 1 heterocycles. The van der Waals surface area contributed by atoms with Crippen molar-refractivity contribution in [1.29, 1.82) is 0 Å². The van der Waals surface area contributed by atoms with E-state index in [4.69, 9.17) is 16.3 Å². The summed E-state index contributed by atoms with van der Waals surface area (Å²) in [6.07, 6.45) is 4.67. The fourth-order valence-corrected chi connectivity index (χ4v) is 2.68. The summed E-state index contributed by atoms with van der Waals surface area (Å²) in [7, 11) is 0.